The van der Waals surface area contributed by atoms with Crippen LogP contribution in [0.4, 0.5) is 10.5 Å². The average Bonchev–Trinajstić information content (AvgIpc) is 2.56. The third-order valence-corrected chi connectivity index (χ3v) is 3.32. The second-order valence-electron chi connectivity index (χ2n) is 4.82. The predicted octanol–water partition coefficient (Wildman–Crippen LogP) is 3.78. The molecule has 0 aliphatic carbocycles. The van der Waals surface area contributed by atoms with Crippen LogP contribution in [0.1, 0.15) is 5.56 Å². The smallest absolute Gasteiger partial charge is 0.347 e. The van der Waals surface area contributed by atoms with Gasteiger partial charge >= 0.3 is 6.03 Å². The normalized spacial score (nSPS) is 11.4. The monoisotopic (exact) mass is 289 g/mol. The molecule has 108 valence electrons. The standard InChI is InChI=1S/C18H15N3O/c19-17(14-8-2-1-3-9-14)21-18(22)20-16-12-6-10-13-7-4-5-11-15(13)16/h1-12H,(H3,19,20,21,22). The Labute approximate surface area is 128 Å². The van der Waals surface area contributed by atoms with Gasteiger partial charge in [0.15, 0.2) is 0 Å². The molecule has 0 spiro atoms. The van der Waals surface area contributed by atoms with Crippen molar-refractivity contribution in [2.24, 2.45) is 10.7 Å². The molecule has 0 saturated heterocycles. The van der Waals surface area contributed by atoms with E-state index in [0.717, 1.165) is 16.3 Å². The van der Waals surface area contributed by atoms with E-state index in [9.17, 15) is 4.79 Å². The summed E-state index contributed by atoms with van der Waals surface area (Å²) in [6.45, 7) is 0. The van der Waals surface area contributed by atoms with Crippen molar-refractivity contribution < 1.29 is 4.79 Å². The lowest BCUT2D eigenvalue weighted by Gasteiger charge is -2.07. The summed E-state index contributed by atoms with van der Waals surface area (Å²) in [5, 5.41) is 4.80. The Morgan fingerprint density at radius 3 is 2.36 bits per heavy atom. The molecule has 2 amide bonds. The van der Waals surface area contributed by atoms with Gasteiger partial charge in [-0.25, -0.2) is 4.79 Å². The van der Waals surface area contributed by atoms with Crippen LogP contribution in [0.15, 0.2) is 77.8 Å². The van der Waals surface area contributed by atoms with Gasteiger partial charge in [-0.3, -0.25) is 0 Å². The van der Waals surface area contributed by atoms with Gasteiger partial charge < -0.3 is 11.1 Å². The van der Waals surface area contributed by atoms with Gasteiger partial charge in [0.1, 0.15) is 5.84 Å². The molecule has 0 fully saturated rings. The molecule has 0 bridgehead atoms. The highest BCUT2D eigenvalue weighted by Crippen LogP contribution is 2.22. The summed E-state index contributed by atoms with van der Waals surface area (Å²) in [6, 6.07) is 22.3. The first-order chi connectivity index (χ1) is 10.7. The van der Waals surface area contributed by atoms with Gasteiger partial charge in [-0.2, -0.15) is 4.99 Å². The molecular formula is C18H15N3O. The number of carbonyl (C=O) groups is 1. The molecule has 0 saturated carbocycles. The number of nitrogens with zero attached hydrogens (tertiary/aromatic N) is 1. The summed E-state index contributed by atoms with van der Waals surface area (Å²) in [5.41, 5.74) is 7.28. The molecular weight excluding hydrogens is 274 g/mol. The molecule has 0 radical (unpaired) electrons. The minimum atomic E-state index is -0.488. The van der Waals surface area contributed by atoms with Gasteiger partial charge in [0, 0.05) is 10.9 Å². The number of benzene rings is 3. The van der Waals surface area contributed by atoms with Crippen LogP contribution < -0.4 is 11.1 Å². The van der Waals surface area contributed by atoms with E-state index in [4.69, 9.17) is 5.73 Å². The highest BCUT2D eigenvalue weighted by Gasteiger charge is 2.06. The summed E-state index contributed by atoms with van der Waals surface area (Å²) in [6.07, 6.45) is 0. The first-order valence-corrected chi connectivity index (χ1v) is 6.92. The zero-order valence-electron chi connectivity index (χ0n) is 11.9. The first kappa shape index (κ1) is 13.8. The summed E-state index contributed by atoms with van der Waals surface area (Å²) < 4.78 is 0. The molecule has 3 N–H and O–H groups in total. The number of carbonyl (C=O) groups excluding carboxylic acids is 1. The fourth-order valence-electron chi connectivity index (χ4n) is 2.26. The van der Waals surface area contributed by atoms with Crippen LogP contribution in [0.5, 0.6) is 0 Å². The number of hydrogen-bond donors (Lipinski definition) is 2. The average molecular weight is 289 g/mol. The van der Waals surface area contributed by atoms with Crippen LogP contribution in [0.3, 0.4) is 0 Å². The Morgan fingerprint density at radius 2 is 1.55 bits per heavy atom. The van der Waals surface area contributed by atoms with E-state index in [1.165, 1.54) is 0 Å². The molecule has 3 rings (SSSR count). The van der Waals surface area contributed by atoms with Gasteiger partial charge in [0.2, 0.25) is 0 Å². The SMILES string of the molecule is N/C(=N\C(=O)Nc1cccc2ccccc12)c1ccccc1. The van der Waals surface area contributed by atoms with E-state index in [-0.39, 0.29) is 5.84 Å². The largest absolute Gasteiger partial charge is 0.383 e. The summed E-state index contributed by atoms with van der Waals surface area (Å²) in [4.78, 5) is 16.0. The Kier molecular flexibility index (Phi) is 3.83. The number of amidine groups is 1. The van der Waals surface area contributed by atoms with E-state index in [1.54, 1.807) is 0 Å². The summed E-state index contributed by atoms with van der Waals surface area (Å²) in [5.74, 6) is 0.193. The number of nitrogens with two attached hydrogens (primary N) is 1. The zero-order chi connectivity index (χ0) is 15.4. The maximum absolute atomic E-state index is 12.1. The van der Waals surface area contributed by atoms with E-state index >= 15 is 0 Å². The molecule has 0 aromatic heterocycles. The lowest BCUT2D eigenvalue weighted by atomic mass is 10.1. The van der Waals surface area contributed by atoms with E-state index in [1.807, 2.05) is 72.8 Å². The Bertz CT molecular complexity index is 836. The Balaban J connectivity index is 1.85. The summed E-state index contributed by atoms with van der Waals surface area (Å²) in [7, 11) is 0. The topological polar surface area (TPSA) is 67.5 Å². The van der Waals surface area contributed by atoms with Crippen LogP contribution in [-0.2, 0) is 0 Å². The van der Waals surface area contributed by atoms with Gasteiger partial charge in [-0.05, 0) is 11.5 Å². The van der Waals surface area contributed by atoms with Crippen LogP contribution in [-0.4, -0.2) is 11.9 Å². The number of anilines is 1. The van der Waals surface area contributed by atoms with E-state index in [2.05, 4.69) is 10.3 Å². The molecule has 0 atom stereocenters. The van der Waals surface area contributed by atoms with Crippen LogP contribution in [0.25, 0.3) is 10.8 Å². The molecule has 4 heteroatoms. The number of aliphatic imine (C=N–C) groups is 1. The van der Waals surface area contributed by atoms with Gasteiger partial charge in [-0.1, -0.05) is 66.7 Å². The molecule has 0 aliphatic heterocycles. The van der Waals surface area contributed by atoms with Crippen molar-refractivity contribution in [2.45, 2.75) is 0 Å². The van der Waals surface area contributed by atoms with Crippen molar-refractivity contribution >= 4 is 28.3 Å². The molecule has 0 unspecified atom stereocenters. The Hall–Kier alpha value is -3.14. The molecule has 0 heterocycles. The molecule has 4 nitrogen and oxygen atoms in total. The lowest BCUT2D eigenvalue weighted by molar-refractivity contribution is 0.259. The lowest BCUT2D eigenvalue weighted by Crippen LogP contribution is -2.18. The van der Waals surface area contributed by atoms with Crippen molar-refractivity contribution in [1.82, 2.24) is 0 Å². The fraction of sp³-hybridized carbons (Fsp3) is 0. The second kappa shape index (κ2) is 6.10. The van der Waals surface area contributed by atoms with Crippen molar-refractivity contribution in [1.29, 1.82) is 0 Å². The van der Waals surface area contributed by atoms with Crippen molar-refractivity contribution in [3.63, 3.8) is 0 Å². The maximum Gasteiger partial charge on any atom is 0.347 e. The van der Waals surface area contributed by atoms with Crippen LogP contribution in [0.2, 0.25) is 0 Å². The number of urea groups is 1. The van der Waals surface area contributed by atoms with E-state index < -0.39 is 6.03 Å². The third kappa shape index (κ3) is 2.96. The maximum atomic E-state index is 12.1. The van der Waals surface area contributed by atoms with Crippen LogP contribution >= 0.6 is 0 Å². The zero-order valence-corrected chi connectivity index (χ0v) is 11.9. The van der Waals surface area contributed by atoms with Gasteiger partial charge in [-0.15, -0.1) is 0 Å². The highest BCUT2D eigenvalue weighted by atomic mass is 16.2. The minimum Gasteiger partial charge on any atom is -0.383 e. The second-order valence-corrected chi connectivity index (χ2v) is 4.82. The molecule has 0 aliphatic rings. The van der Waals surface area contributed by atoms with E-state index in [0.29, 0.717) is 5.69 Å². The molecule has 22 heavy (non-hydrogen) atoms. The quantitative estimate of drug-likeness (QED) is 0.557. The molecule has 3 aromatic carbocycles. The Morgan fingerprint density at radius 1 is 0.864 bits per heavy atom. The number of amides is 2. The van der Waals surface area contributed by atoms with Crippen molar-refractivity contribution in [3.8, 4) is 0 Å². The first-order valence-electron chi connectivity index (χ1n) is 6.92. The minimum absolute atomic E-state index is 0.193. The molecule has 3 aromatic rings. The summed E-state index contributed by atoms with van der Waals surface area (Å²) >= 11 is 0. The number of nitrogens with one attached hydrogen (secondary N) is 1. The predicted molar refractivity (Wildman–Crippen MR) is 90.1 cm³/mol. The fourth-order valence-corrected chi connectivity index (χ4v) is 2.26. The van der Waals surface area contributed by atoms with Crippen molar-refractivity contribution in [3.05, 3.63) is 78.4 Å². The number of rotatable bonds is 2. The highest BCUT2D eigenvalue weighted by molar-refractivity contribution is 6.09. The van der Waals surface area contributed by atoms with Gasteiger partial charge in [0.25, 0.3) is 0 Å². The third-order valence-electron chi connectivity index (χ3n) is 3.32. The number of fused-ring (bicyclic) bond motifs is 1. The van der Waals surface area contributed by atoms with Crippen LogP contribution in [0, 0.1) is 0 Å². The van der Waals surface area contributed by atoms with Gasteiger partial charge in [0.05, 0.1) is 5.69 Å². The van der Waals surface area contributed by atoms with Crippen molar-refractivity contribution in [2.75, 3.05) is 5.32 Å². The number of hydrogen-bond acceptors (Lipinski definition) is 1.